The molecule has 5 rings (SSSR count). The molecule has 2 aliphatic heterocycles. The van der Waals surface area contributed by atoms with E-state index in [9.17, 15) is 32.6 Å². The molecule has 11 heteroatoms. The van der Waals surface area contributed by atoms with Gasteiger partial charge in [0, 0.05) is 48.8 Å². The molecule has 2 N–H and O–H groups in total. The van der Waals surface area contributed by atoms with Gasteiger partial charge in [0.25, 0.3) is 5.56 Å². The number of aliphatic hydroxyl groups excluding tert-OH is 1. The largest absolute Gasteiger partial charge is 0.481 e. The Labute approximate surface area is 193 Å². The van der Waals surface area contributed by atoms with Crippen molar-refractivity contribution in [1.29, 1.82) is 0 Å². The summed E-state index contributed by atoms with van der Waals surface area (Å²) in [5.41, 5.74) is 0.729. The number of pyridine rings is 2. The van der Waals surface area contributed by atoms with E-state index in [2.05, 4.69) is 4.98 Å². The first-order valence-electron chi connectivity index (χ1n) is 10.5. The van der Waals surface area contributed by atoms with E-state index in [1.54, 1.807) is 12.1 Å². The van der Waals surface area contributed by atoms with Crippen LogP contribution >= 0.6 is 0 Å². The number of aromatic nitrogens is 2. The Balaban J connectivity index is 1.73. The van der Waals surface area contributed by atoms with Gasteiger partial charge in [0.05, 0.1) is 12.0 Å². The van der Waals surface area contributed by atoms with Crippen LogP contribution in [0.4, 0.5) is 4.39 Å². The van der Waals surface area contributed by atoms with E-state index < -0.39 is 62.8 Å². The monoisotopic (exact) mass is 485 g/mol. The molecule has 0 saturated carbocycles. The van der Waals surface area contributed by atoms with Gasteiger partial charge < -0.3 is 14.8 Å². The maximum Gasteiger partial charge on any atom is 0.308 e. The Morgan fingerprint density at radius 1 is 1.12 bits per heavy atom. The van der Waals surface area contributed by atoms with Gasteiger partial charge in [-0.25, -0.2) is 12.8 Å². The van der Waals surface area contributed by atoms with Crippen LogP contribution in [0.5, 0.6) is 0 Å². The Bertz CT molecular complexity index is 1440. The quantitative estimate of drug-likeness (QED) is 0.560. The minimum Gasteiger partial charge on any atom is -0.481 e. The van der Waals surface area contributed by atoms with Gasteiger partial charge in [0.2, 0.25) is 10.0 Å². The van der Waals surface area contributed by atoms with Crippen molar-refractivity contribution in [2.45, 2.75) is 23.5 Å². The number of benzene rings is 1. The van der Waals surface area contributed by atoms with Gasteiger partial charge in [0.1, 0.15) is 10.7 Å². The lowest BCUT2D eigenvalue weighted by Crippen LogP contribution is -2.49. The number of nitrogens with zero attached hydrogens (tertiary/aromatic N) is 3. The van der Waals surface area contributed by atoms with E-state index >= 15 is 0 Å². The highest BCUT2D eigenvalue weighted by atomic mass is 32.2. The van der Waals surface area contributed by atoms with Crippen LogP contribution in [0.25, 0.3) is 11.1 Å². The van der Waals surface area contributed by atoms with Gasteiger partial charge in [-0.15, -0.1) is 0 Å². The minimum absolute atomic E-state index is 0.174. The molecule has 0 unspecified atom stereocenters. The van der Waals surface area contributed by atoms with Crippen LogP contribution in [0.15, 0.2) is 70.6 Å². The highest BCUT2D eigenvalue weighted by Gasteiger charge is 2.60. The van der Waals surface area contributed by atoms with Gasteiger partial charge in [0.15, 0.2) is 0 Å². The van der Waals surface area contributed by atoms with E-state index in [1.165, 1.54) is 41.2 Å². The number of carboxylic acid groups (broad SMARTS) is 1. The Morgan fingerprint density at radius 2 is 1.82 bits per heavy atom. The average molecular weight is 485 g/mol. The fraction of sp³-hybridized carbons (Fsp3) is 0.261. The van der Waals surface area contributed by atoms with E-state index in [4.69, 9.17) is 0 Å². The highest BCUT2D eigenvalue weighted by molar-refractivity contribution is 7.89. The van der Waals surface area contributed by atoms with Crippen molar-refractivity contribution in [2.75, 3.05) is 6.61 Å². The molecule has 0 aliphatic carbocycles. The van der Waals surface area contributed by atoms with Crippen molar-refractivity contribution >= 4 is 16.0 Å². The molecule has 2 bridgehead atoms. The number of aliphatic carboxylic acids is 1. The fourth-order valence-corrected chi connectivity index (χ4v) is 7.09. The Kier molecular flexibility index (Phi) is 5.34. The number of rotatable bonds is 5. The first kappa shape index (κ1) is 22.4. The van der Waals surface area contributed by atoms with Crippen LogP contribution in [-0.4, -0.2) is 51.1 Å². The van der Waals surface area contributed by atoms with Crippen LogP contribution in [0, 0.1) is 17.7 Å². The second kappa shape index (κ2) is 8.12. The number of hydrogen-bond donors (Lipinski definition) is 2. The average Bonchev–Trinajstić information content (AvgIpc) is 3.08. The summed E-state index contributed by atoms with van der Waals surface area (Å²) in [6.45, 7) is -0.784. The minimum atomic E-state index is -4.50. The first-order chi connectivity index (χ1) is 16.3. The number of carboxylic acids is 1. The molecule has 1 aromatic carbocycles. The maximum absolute atomic E-state index is 14.5. The van der Waals surface area contributed by atoms with Crippen LogP contribution in [-0.2, 0) is 21.4 Å². The van der Waals surface area contributed by atoms with Crippen molar-refractivity contribution in [2.24, 2.45) is 11.8 Å². The van der Waals surface area contributed by atoms with Crippen molar-refractivity contribution in [3.8, 4) is 11.1 Å². The van der Waals surface area contributed by atoms with E-state index in [-0.39, 0.29) is 12.2 Å². The summed E-state index contributed by atoms with van der Waals surface area (Å²) in [4.78, 5) is 29.0. The van der Waals surface area contributed by atoms with Crippen LogP contribution in [0.1, 0.15) is 11.7 Å². The summed E-state index contributed by atoms with van der Waals surface area (Å²) in [6.07, 6.45) is 3.07. The van der Waals surface area contributed by atoms with E-state index in [1.807, 2.05) is 0 Å². The predicted octanol–water partition coefficient (Wildman–Crippen LogP) is 1.49. The number of aliphatic hydroxyl groups is 1. The highest BCUT2D eigenvalue weighted by Crippen LogP contribution is 2.51. The number of sulfonamides is 1. The number of carbonyl (C=O) groups is 1. The normalized spacial score (nSPS) is 24.1. The second-order valence-electron chi connectivity index (χ2n) is 8.31. The van der Waals surface area contributed by atoms with E-state index in [0.29, 0.717) is 11.1 Å². The van der Waals surface area contributed by atoms with E-state index in [0.717, 1.165) is 16.4 Å². The summed E-state index contributed by atoms with van der Waals surface area (Å²) in [6, 6.07) is 8.86. The molecule has 1 fully saturated rings. The van der Waals surface area contributed by atoms with Crippen LogP contribution < -0.4 is 5.56 Å². The van der Waals surface area contributed by atoms with Gasteiger partial charge in [-0.2, -0.15) is 4.31 Å². The zero-order valence-corrected chi connectivity index (χ0v) is 18.5. The van der Waals surface area contributed by atoms with Crippen LogP contribution in [0.3, 0.4) is 0 Å². The Hall–Kier alpha value is -3.41. The summed E-state index contributed by atoms with van der Waals surface area (Å²) in [5, 5.41) is 20.1. The van der Waals surface area contributed by atoms with Crippen molar-refractivity contribution < 1.29 is 27.8 Å². The third-order valence-corrected chi connectivity index (χ3v) is 8.60. The fourth-order valence-electron chi connectivity index (χ4n) is 5.18. The molecule has 4 heterocycles. The topological polar surface area (TPSA) is 130 Å². The Morgan fingerprint density at radius 3 is 2.47 bits per heavy atom. The molecule has 3 aromatic rings. The van der Waals surface area contributed by atoms with Crippen LogP contribution in [0.2, 0.25) is 0 Å². The molecule has 0 radical (unpaired) electrons. The molecular formula is C23H20FN3O6S. The smallest absolute Gasteiger partial charge is 0.308 e. The zero-order valence-electron chi connectivity index (χ0n) is 17.7. The zero-order chi connectivity index (χ0) is 24.2. The van der Waals surface area contributed by atoms with Crippen molar-refractivity contribution in [3.63, 3.8) is 0 Å². The molecule has 4 atom stereocenters. The molecule has 2 aliphatic rings. The number of halogens is 1. The van der Waals surface area contributed by atoms with Gasteiger partial charge in [-0.3, -0.25) is 14.6 Å². The molecule has 0 amide bonds. The van der Waals surface area contributed by atoms with Gasteiger partial charge in [-0.05, 0) is 42.0 Å². The predicted molar refractivity (Wildman–Crippen MR) is 118 cm³/mol. The number of fused-ring (bicyclic) bond motifs is 4. The lowest BCUT2D eigenvalue weighted by atomic mass is 9.87. The summed E-state index contributed by atoms with van der Waals surface area (Å²) in [5.74, 6) is -4.59. The molecule has 2 aromatic heterocycles. The first-order valence-corrected chi connectivity index (χ1v) is 12.0. The molecule has 176 valence electrons. The third-order valence-electron chi connectivity index (χ3n) is 6.66. The molecular weight excluding hydrogens is 465 g/mol. The molecule has 34 heavy (non-hydrogen) atoms. The summed E-state index contributed by atoms with van der Waals surface area (Å²) >= 11 is 0. The molecule has 1 saturated heterocycles. The second-order valence-corrected chi connectivity index (χ2v) is 10.1. The molecule has 9 nitrogen and oxygen atoms in total. The molecule has 0 spiro atoms. The lowest BCUT2D eigenvalue weighted by molar-refractivity contribution is -0.144. The number of hydrogen-bond acceptors (Lipinski definition) is 6. The van der Waals surface area contributed by atoms with Gasteiger partial charge >= 0.3 is 5.97 Å². The van der Waals surface area contributed by atoms with Crippen molar-refractivity contribution in [3.05, 3.63) is 82.8 Å². The SMILES string of the molecule is O=C(O)[C@@H]1[C@@H](CO)[C@@H]2Cn3c(ccc(-c4ccncc4)c3=O)[C@H]1N2S(=O)(=O)c1ccccc1F. The lowest BCUT2D eigenvalue weighted by Gasteiger charge is -2.37. The van der Waals surface area contributed by atoms with Crippen molar-refractivity contribution in [1.82, 2.24) is 13.9 Å². The van der Waals surface area contributed by atoms with Gasteiger partial charge in [-0.1, -0.05) is 12.1 Å². The maximum atomic E-state index is 14.5. The third kappa shape index (κ3) is 3.19. The summed E-state index contributed by atoms with van der Waals surface area (Å²) in [7, 11) is -4.50. The standard InChI is InChI=1S/C23H20FN3O6S/c24-16-3-1-2-4-19(16)34(32,33)27-18-11-26-17(21(27)20(23(30)31)15(18)12-28)6-5-14(22(26)29)13-7-9-25-10-8-13/h1-10,15,18,20-21,28H,11-12H2,(H,30,31)/t15-,18-,20+,21+/m0/s1. The summed E-state index contributed by atoms with van der Waals surface area (Å²) < 4.78 is 44.0.